The number of aromatic nitrogens is 1. The number of nitrogens with zero attached hydrogens (tertiary/aromatic N) is 2. The van der Waals surface area contributed by atoms with Gasteiger partial charge in [-0.2, -0.15) is 0 Å². The predicted octanol–water partition coefficient (Wildman–Crippen LogP) is 3.25. The highest BCUT2D eigenvalue weighted by atomic mass is 16.4. The molecular formula is C15H16N2O2. The summed E-state index contributed by atoms with van der Waals surface area (Å²) in [6, 6.07) is 11.5. The molecule has 0 spiro atoms. The van der Waals surface area contributed by atoms with Crippen LogP contribution in [0, 0.1) is 6.92 Å². The molecule has 1 N–H and O–H groups in total. The molecule has 2 rings (SSSR count). The first-order chi connectivity index (χ1) is 9.11. The van der Waals surface area contributed by atoms with Crippen LogP contribution in [0.4, 0.5) is 11.5 Å². The van der Waals surface area contributed by atoms with E-state index in [4.69, 9.17) is 5.11 Å². The Hall–Kier alpha value is -2.36. The van der Waals surface area contributed by atoms with Gasteiger partial charge in [-0.15, -0.1) is 0 Å². The Kier molecular flexibility index (Phi) is 3.80. The zero-order chi connectivity index (χ0) is 13.8. The number of hydrogen-bond donors (Lipinski definition) is 1. The van der Waals surface area contributed by atoms with Gasteiger partial charge < -0.3 is 10.0 Å². The normalized spacial score (nSPS) is 10.2. The van der Waals surface area contributed by atoms with Crippen LogP contribution in [-0.4, -0.2) is 22.6 Å². The molecule has 4 heteroatoms. The highest BCUT2D eigenvalue weighted by molar-refractivity contribution is 5.87. The van der Waals surface area contributed by atoms with Crippen LogP contribution in [0.1, 0.15) is 22.8 Å². The molecule has 0 fully saturated rings. The largest absolute Gasteiger partial charge is 0.478 e. The molecule has 0 bridgehead atoms. The minimum Gasteiger partial charge on any atom is -0.478 e. The molecule has 1 aromatic carbocycles. The zero-order valence-corrected chi connectivity index (χ0v) is 11.0. The number of hydrogen-bond acceptors (Lipinski definition) is 3. The molecule has 0 aliphatic rings. The van der Waals surface area contributed by atoms with E-state index in [-0.39, 0.29) is 5.56 Å². The lowest BCUT2D eigenvalue weighted by Gasteiger charge is -2.22. The van der Waals surface area contributed by atoms with Crippen molar-refractivity contribution in [2.24, 2.45) is 0 Å². The Morgan fingerprint density at radius 2 is 1.89 bits per heavy atom. The van der Waals surface area contributed by atoms with Crippen LogP contribution >= 0.6 is 0 Å². The summed E-state index contributed by atoms with van der Waals surface area (Å²) in [7, 11) is 0. The van der Waals surface area contributed by atoms with Crippen molar-refractivity contribution in [1.82, 2.24) is 4.98 Å². The summed E-state index contributed by atoms with van der Waals surface area (Å²) in [6.07, 6.45) is 1.38. The molecular weight excluding hydrogens is 240 g/mol. The van der Waals surface area contributed by atoms with Crippen LogP contribution < -0.4 is 4.90 Å². The second kappa shape index (κ2) is 5.52. The fourth-order valence-corrected chi connectivity index (χ4v) is 1.87. The molecule has 98 valence electrons. The first kappa shape index (κ1) is 13.1. The zero-order valence-electron chi connectivity index (χ0n) is 11.0. The van der Waals surface area contributed by atoms with Crippen LogP contribution in [0.2, 0.25) is 0 Å². The quantitative estimate of drug-likeness (QED) is 0.912. The van der Waals surface area contributed by atoms with Gasteiger partial charge in [0.1, 0.15) is 5.82 Å². The summed E-state index contributed by atoms with van der Waals surface area (Å²) in [5, 5.41) is 8.87. The van der Waals surface area contributed by atoms with Crippen molar-refractivity contribution < 1.29 is 9.90 Å². The molecule has 0 radical (unpaired) electrons. The van der Waals surface area contributed by atoms with E-state index in [0.29, 0.717) is 0 Å². The number of rotatable bonds is 4. The smallest absolute Gasteiger partial charge is 0.337 e. The molecule has 0 aliphatic heterocycles. The molecule has 0 saturated carbocycles. The van der Waals surface area contributed by atoms with Crippen molar-refractivity contribution >= 4 is 17.5 Å². The van der Waals surface area contributed by atoms with Crippen molar-refractivity contribution in [3.63, 3.8) is 0 Å². The van der Waals surface area contributed by atoms with Crippen LogP contribution in [0.5, 0.6) is 0 Å². The standard InChI is InChI=1S/C15H16N2O2/c1-3-17(13-7-4-11(2)5-8-13)14-9-6-12(10-16-14)15(18)19/h4-10H,3H2,1-2H3,(H,18,19). The second-order valence-corrected chi connectivity index (χ2v) is 4.29. The molecule has 0 amide bonds. The third kappa shape index (κ3) is 2.91. The van der Waals surface area contributed by atoms with Gasteiger partial charge >= 0.3 is 5.97 Å². The van der Waals surface area contributed by atoms with Crippen LogP contribution in [0.25, 0.3) is 0 Å². The van der Waals surface area contributed by atoms with Gasteiger partial charge in [-0.05, 0) is 38.1 Å². The second-order valence-electron chi connectivity index (χ2n) is 4.29. The van der Waals surface area contributed by atoms with E-state index in [1.54, 1.807) is 12.1 Å². The van der Waals surface area contributed by atoms with E-state index in [0.717, 1.165) is 18.1 Å². The topological polar surface area (TPSA) is 53.4 Å². The van der Waals surface area contributed by atoms with E-state index in [1.807, 2.05) is 43.0 Å². The lowest BCUT2D eigenvalue weighted by molar-refractivity contribution is 0.0696. The minimum absolute atomic E-state index is 0.198. The summed E-state index contributed by atoms with van der Waals surface area (Å²) in [4.78, 5) is 17.1. The van der Waals surface area contributed by atoms with Gasteiger partial charge in [0.2, 0.25) is 0 Å². The average Bonchev–Trinajstić information content (AvgIpc) is 2.42. The molecule has 1 heterocycles. The Morgan fingerprint density at radius 1 is 1.21 bits per heavy atom. The maximum atomic E-state index is 10.8. The average molecular weight is 256 g/mol. The number of anilines is 2. The van der Waals surface area contributed by atoms with Gasteiger partial charge in [0.05, 0.1) is 5.56 Å². The number of pyridine rings is 1. The predicted molar refractivity (Wildman–Crippen MR) is 75.1 cm³/mol. The first-order valence-corrected chi connectivity index (χ1v) is 6.15. The molecule has 19 heavy (non-hydrogen) atoms. The van der Waals surface area contributed by atoms with E-state index in [2.05, 4.69) is 4.98 Å². The maximum Gasteiger partial charge on any atom is 0.337 e. The van der Waals surface area contributed by atoms with Crippen molar-refractivity contribution in [1.29, 1.82) is 0 Å². The Morgan fingerprint density at radius 3 is 2.37 bits per heavy atom. The summed E-state index contributed by atoms with van der Waals surface area (Å²) in [5.74, 6) is -0.214. The Bertz CT molecular complexity index is 562. The van der Waals surface area contributed by atoms with Gasteiger partial charge in [0.25, 0.3) is 0 Å². The Balaban J connectivity index is 2.31. The fraction of sp³-hybridized carbons (Fsp3) is 0.200. The lowest BCUT2D eigenvalue weighted by atomic mass is 10.2. The number of carboxylic acids is 1. The SMILES string of the molecule is CCN(c1ccc(C)cc1)c1ccc(C(=O)O)cn1. The summed E-state index contributed by atoms with van der Waals surface area (Å²) in [5.41, 5.74) is 2.45. The molecule has 2 aromatic rings. The van der Waals surface area contributed by atoms with Crippen LogP contribution in [0.3, 0.4) is 0 Å². The molecule has 4 nitrogen and oxygen atoms in total. The maximum absolute atomic E-state index is 10.8. The van der Waals surface area contributed by atoms with Gasteiger partial charge in [0.15, 0.2) is 0 Å². The molecule has 0 atom stereocenters. The third-order valence-electron chi connectivity index (χ3n) is 2.93. The van der Waals surface area contributed by atoms with Crippen molar-refractivity contribution in [2.75, 3.05) is 11.4 Å². The first-order valence-electron chi connectivity index (χ1n) is 6.15. The summed E-state index contributed by atoms with van der Waals surface area (Å²) in [6.45, 7) is 4.84. The van der Waals surface area contributed by atoms with Crippen molar-refractivity contribution in [3.05, 3.63) is 53.7 Å². The number of carboxylic acid groups (broad SMARTS) is 1. The van der Waals surface area contributed by atoms with E-state index in [1.165, 1.54) is 11.8 Å². The Labute approximate surface area is 112 Å². The van der Waals surface area contributed by atoms with Crippen LogP contribution in [-0.2, 0) is 0 Å². The molecule has 0 saturated heterocycles. The molecule has 1 aromatic heterocycles. The fourth-order valence-electron chi connectivity index (χ4n) is 1.87. The van der Waals surface area contributed by atoms with Gasteiger partial charge in [-0.25, -0.2) is 9.78 Å². The highest BCUT2D eigenvalue weighted by Gasteiger charge is 2.09. The van der Waals surface area contributed by atoms with Gasteiger partial charge in [-0.1, -0.05) is 17.7 Å². The minimum atomic E-state index is -0.961. The van der Waals surface area contributed by atoms with E-state index in [9.17, 15) is 4.79 Å². The molecule has 0 aliphatic carbocycles. The third-order valence-corrected chi connectivity index (χ3v) is 2.93. The number of aryl methyl sites for hydroxylation is 1. The monoisotopic (exact) mass is 256 g/mol. The van der Waals surface area contributed by atoms with E-state index < -0.39 is 5.97 Å². The van der Waals surface area contributed by atoms with Gasteiger partial charge in [-0.3, -0.25) is 0 Å². The van der Waals surface area contributed by atoms with Gasteiger partial charge in [0, 0.05) is 18.4 Å². The highest BCUT2D eigenvalue weighted by Crippen LogP contribution is 2.23. The van der Waals surface area contributed by atoms with Crippen LogP contribution in [0.15, 0.2) is 42.6 Å². The van der Waals surface area contributed by atoms with E-state index >= 15 is 0 Å². The molecule has 0 unspecified atom stereocenters. The summed E-state index contributed by atoms with van der Waals surface area (Å²) >= 11 is 0. The number of carbonyl (C=O) groups is 1. The van der Waals surface area contributed by atoms with Crippen molar-refractivity contribution in [3.8, 4) is 0 Å². The van der Waals surface area contributed by atoms with Crippen molar-refractivity contribution in [2.45, 2.75) is 13.8 Å². The number of aromatic carboxylic acids is 1. The lowest BCUT2D eigenvalue weighted by Crippen LogP contribution is -2.17. The number of benzene rings is 1. The summed E-state index contributed by atoms with van der Waals surface area (Å²) < 4.78 is 0.